The Morgan fingerprint density at radius 2 is 1.77 bits per heavy atom. The molecule has 1 aliphatic rings. The number of carbonyl (C=O) groups excluding carboxylic acids is 1. The van der Waals surface area contributed by atoms with Crippen molar-refractivity contribution in [3.8, 4) is 0 Å². The van der Waals surface area contributed by atoms with Gasteiger partial charge in [-0.05, 0) is 55.5 Å². The van der Waals surface area contributed by atoms with E-state index in [-0.39, 0.29) is 9.77 Å². The van der Waals surface area contributed by atoms with Crippen molar-refractivity contribution in [1.29, 1.82) is 0 Å². The highest BCUT2D eigenvalue weighted by molar-refractivity contribution is 7.89. The average Bonchev–Trinajstić information content (AvgIpc) is 3.52. The summed E-state index contributed by atoms with van der Waals surface area (Å²) in [6.07, 6.45) is 1.71. The van der Waals surface area contributed by atoms with Crippen molar-refractivity contribution >= 4 is 54.8 Å². The number of para-hydroxylation sites is 1. The maximum atomic E-state index is 13.0. The molecule has 1 saturated heterocycles. The van der Waals surface area contributed by atoms with Gasteiger partial charge in [0.15, 0.2) is 0 Å². The van der Waals surface area contributed by atoms with Gasteiger partial charge < -0.3 is 9.88 Å². The fourth-order valence-corrected chi connectivity index (χ4v) is 7.21. The van der Waals surface area contributed by atoms with Crippen molar-refractivity contribution in [2.24, 2.45) is 0 Å². The minimum absolute atomic E-state index is 0.0977. The number of hydrogen-bond acceptors (Lipinski definition) is 4. The van der Waals surface area contributed by atoms with E-state index in [4.69, 9.17) is 0 Å². The lowest BCUT2D eigenvalue weighted by atomic mass is 10.1. The molecule has 2 aromatic heterocycles. The normalized spacial score (nSPS) is 15.1. The first-order valence-corrected chi connectivity index (χ1v) is 12.7. The van der Waals surface area contributed by atoms with Crippen molar-refractivity contribution in [2.75, 3.05) is 18.4 Å². The zero-order valence-electron chi connectivity index (χ0n) is 17.2. The monoisotopic (exact) mass is 453 g/mol. The Bertz CT molecular complexity index is 1400. The predicted octanol–water partition coefficient (Wildman–Crippen LogP) is 4.91. The van der Waals surface area contributed by atoms with Gasteiger partial charge in [-0.25, -0.2) is 8.42 Å². The number of thiophene rings is 1. The first-order valence-electron chi connectivity index (χ1n) is 10.4. The van der Waals surface area contributed by atoms with Gasteiger partial charge in [-0.3, -0.25) is 4.79 Å². The molecule has 1 N–H and O–H groups in total. The van der Waals surface area contributed by atoms with Crippen LogP contribution in [0.3, 0.4) is 0 Å². The highest BCUT2D eigenvalue weighted by Crippen LogP contribution is 2.32. The molecule has 0 saturated carbocycles. The predicted molar refractivity (Wildman–Crippen MR) is 125 cm³/mol. The number of fused-ring (bicyclic) bond motifs is 3. The van der Waals surface area contributed by atoms with E-state index in [0.29, 0.717) is 18.8 Å². The Labute approximate surface area is 185 Å². The van der Waals surface area contributed by atoms with Crippen LogP contribution in [0, 0.1) is 0 Å². The largest absolute Gasteiger partial charge is 0.341 e. The van der Waals surface area contributed by atoms with Gasteiger partial charge >= 0.3 is 0 Å². The minimum Gasteiger partial charge on any atom is -0.341 e. The van der Waals surface area contributed by atoms with Crippen LogP contribution in [0.25, 0.3) is 21.8 Å². The SMILES string of the molecule is CCn1c2ccccc2c2cc(NC(=O)c3sccc3S(=O)(=O)N3CCCC3)ccc21. The van der Waals surface area contributed by atoms with Gasteiger partial charge in [0.25, 0.3) is 5.91 Å². The molecule has 1 fully saturated rings. The average molecular weight is 454 g/mol. The van der Waals surface area contributed by atoms with Crippen LogP contribution in [0.5, 0.6) is 0 Å². The van der Waals surface area contributed by atoms with Gasteiger partial charge in [0.05, 0.1) is 0 Å². The van der Waals surface area contributed by atoms with Crippen molar-refractivity contribution in [1.82, 2.24) is 8.87 Å². The summed E-state index contributed by atoms with van der Waals surface area (Å²) in [5.41, 5.74) is 2.91. The molecule has 2 aromatic carbocycles. The standard InChI is InChI=1S/C23H23N3O3S2/c1-2-26-19-8-4-3-7-17(19)18-15-16(9-10-20(18)26)24-23(27)22-21(11-14-30-22)31(28,29)25-12-5-6-13-25/h3-4,7-11,14-15H,2,5-6,12-13H2,1H3,(H,24,27). The Kier molecular flexibility index (Phi) is 5.08. The summed E-state index contributed by atoms with van der Waals surface area (Å²) in [4.78, 5) is 13.4. The number of anilines is 1. The molecule has 5 rings (SSSR count). The van der Waals surface area contributed by atoms with Crippen LogP contribution in [0.2, 0.25) is 0 Å². The van der Waals surface area contributed by atoms with Crippen molar-refractivity contribution in [2.45, 2.75) is 31.2 Å². The summed E-state index contributed by atoms with van der Waals surface area (Å²) in [5, 5.41) is 6.76. The van der Waals surface area contributed by atoms with Crippen LogP contribution >= 0.6 is 11.3 Å². The van der Waals surface area contributed by atoms with Crippen molar-refractivity contribution < 1.29 is 13.2 Å². The molecule has 6 nitrogen and oxygen atoms in total. The Morgan fingerprint density at radius 3 is 2.55 bits per heavy atom. The summed E-state index contributed by atoms with van der Waals surface area (Å²) >= 11 is 1.15. The van der Waals surface area contributed by atoms with Gasteiger partial charge in [0.2, 0.25) is 10.0 Å². The lowest BCUT2D eigenvalue weighted by Crippen LogP contribution is -2.29. The lowest BCUT2D eigenvalue weighted by Gasteiger charge is -2.15. The van der Waals surface area contributed by atoms with Gasteiger partial charge in [-0.15, -0.1) is 11.3 Å². The highest BCUT2D eigenvalue weighted by atomic mass is 32.2. The summed E-state index contributed by atoms with van der Waals surface area (Å²) in [6.45, 7) is 3.98. The van der Waals surface area contributed by atoms with Crippen molar-refractivity contribution in [3.63, 3.8) is 0 Å². The number of amides is 1. The molecule has 0 atom stereocenters. The minimum atomic E-state index is -3.65. The number of carbonyl (C=O) groups is 1. The van der Waals surface area contributed by atoms with E-state index in [9.17, 15) is 13.2 Å². The Morgan fingerprint density at radius 1 is 1.03 bits per heavy atom. The Balaban J connectivity index is 1.49. The number of sulfonamides is 1. The summed E-state index contributed by atoms with van der Waals surface area (Å²) in [5.74, 6) is -0.397. The van der Waals surface area contributed by atoms with Gasteiger partial charge in [0.1, 0.15) is 9.77 Å². The molecule has 0 spiro atoms. The van der Waals surface area contributed by atoms with E-state index in [2.05, 4.69) is 28.9 Å². The molecule has 3 heterocycles. The molecule has 31 heavy (non-hydrogen) atoms. The van der Waals surface area contributed by atoms with Crippen LogP contribution in [0.4, 0.5) is 5.69 Å². The zero-order valence-corrected chi connectivity index (χ0v) is 18.8. The number of aryl methyl sites for hydroxylation is 1. The third-order valence-electron chi connectivity index (χ3n) is 5.86. The fourth-order valence-electron chi connectivity index (χ4n) is 4.39. The summed E-state index contributed by atoms with van der Waals surface area (Å²) in [7, 11) is -3.65. The molecule has 8 heteroatoms. The molecular weight excluding hydrogens is 430 g/mol. The fraction of sp³-hybridized carbons (Fsp3) is 0.261. The van der Waals surface area contributed by atoms with Crippen LogP contribution in [0.1, 0.15) is 29.4 Å². The number of rotatable bonds is 5. The van der Waals surface area contributed by atoms with Gasteiger partial charge in [-0.2, -0.15) is 4.31 Å². The van der Waals surface area contributed by atoms with E-state index in [1.54, 1.807) is 5.38 Å². The van der Waals surface area contributed by atoms with Crippen LogP contribution in [0.15, 0.2) is 58.8 Å². The molecule has 0 bridgehead atoms. The van der Waals surface area contributed by atoms with Crippen LogP contribution in [-0.4, -0.2) is 36.3 Å². The quantitative estimate of drug-likeness (QED) is 0.467. The molecule has 160 valence electrons. The maximum Gasteiger partial charge on any atom is 0.267 e. The number of nitrogens with zero attached hydrogens (tertiary/aromatic N) is 2. The second kappa shape index (κ2) is 7.78. The van der Waals surface area contributed by atoms with Gasteiger partial charge in [-0.1, -0.05) is 18.2 Å². The number of aromatic nitrogens is 1. The first kappa shape index (κ1) is 20.2. The van der Waals surface area contributed by atoms with E-state index >= 15 is 0 Å². The highest BCUT2D eigenvalue weighted by Gasteiger charge is 2.31. The third-order valence-corrected chi connectivity index (χ3v) is 8.85. The molecule has 4 aromatic rings. The van der Waals surface area contributed by atoms with E-state index in [0.717, 1.165) is 52.5 Å². The molecule has 0 radical (unpaired) electrons. The zero-order chi connectivity index (χ0) is 21.6. The smallest absolute Gasteiger partial charge is 0.267 e. The second-order valence-corrected chi connectivity index (χ2v) is 10.5. The Hall–Kier alpha value is -2.68. The summed E-state index contributed by atoms with van der Waals surface area (Å²) in [6, 6.07) is 15.6. The number of hydrogen-bond donors (Lipinski definition) is 1. The molecule has 1 aliphatic heterocycles. The van der Waals surface area contributed by atoms with Crippen LogP contribution < -0.4 is 5.32 Å². The van der Waals surface area contributed by atoms with Crippen LogP contribution in [-0.2, 0) is 16.6 Å². The number of benzene rings is 2. The molecule has 0 aliphatic carbocycles. The summed E-state index contributed by atoms with van der Waals surface area (Å²) < 4.78 is 29.7. The van der Waals surface area contributed by atoms with E-state index in [1.807, 2.05) is 30.3 Å². The molecular formula is C23H23N3O3S2. The molecule has 0 unspecified atom stereocenters. The second-order valence-electron chi connectivity index (χ2n) is 7.67. The van der Waals surface area contributed by atoms with E-state index in [1.165, 1.54) is 10.4 Å². The number of nitrogens with one attached hydrogen (secondary N) is 1. The van der Waals surface area contributed by atoms with Gasteiger partial charge in [0, 0.05) is 47.1 Å². The van der Waals surface area contributed by atoms with E-state index < -0.39 is 15.9 Å². The maximum absolute atomic E-state index is 13.0. The molecule has 1 amide bonds. The van der Waals surface area contributed by atoms with Crippen molar-refractivity contribution in [3.05, 3.63) is 58.8 Å². The topological polar surface area (TPSA) is 71.4 Å². The first-order chi connectivity index (χ1) is 15.0. The third kappa shape index (κ3) is 3.35. The lowest BCUT2D eigenvalue weighted by molar-refractivity contribution is 0.102.